The number of carbonyl (C=O) groups is 1. The number of Topliss-reactive ketones (excluding diaryl/α,β-unsaturated/α-hetero) is 1. The number of rotatable bonds is 6. The van der Waals surface area contributed by atoms with Crippen molar-refractivity contribution in [3.63, 3.8) is 0 Å². The molecule has 2 aromatic carbocycles. The number of ether oxygens (including phenoxy) is 4. The second kappa shape index (κ2) is 8.67. The van der Waals surface area contributed by atoms with E-state index in [-0.39, 0.29) is 11.5 Å². The van der Waals surface area contributed by atoms with Gasteiger partial charge in [-0.05, 0) is 55.3 Å². The van der Waals surface area contributed by atoms with Gasteiger partial charge in [-0.1, -0.05) is 6.07 Å². The Balaban J connectivity index is 1.32. The average Bonchev–Trinajstić information content (AvgIpc) is 3.40. The summed E-state index contributed by atoms with van der Waals surface area (Å²) in [7, 11) is 3.26. The van der Waals surface area contributed by atoms with Crippen LogP contribution in [0.4, 0.5) is 0 Å². The molecule has 0 saturated heterocycles. The van der Waals surface area contributed by atoms with Crippen LogP contribution in [0.5, 0.6) is 23.0 Å². The van der Waals surface area contributed by atoms with Crippen molar-refractivity contribution >= 4 is 11.9 Å². The van der Waals surface area contributed by atoms with Crippen LogP contribution >= 0.6 is 0 Å². The van der Waals surface area contributed by atoms with E-state index < -0.39 is 0 Å². The fourth-order valence-electron chi connectivity index (χ4n) is 4.13. The standard InChI is InChI=1S/C26H25NO6/c1-16-4-6-18(32-16)13-24-25(28)19-7-9-21-20(26(19)33-24)14-27(15-31-21)11-10-17-5-8-22(29-2)23(12-17)30-3/h4-9,12-13H,10-11,14-15H2,1-3H3/b24-13-. The lowest BCUT2D eigenvalue weighted by Gasteiger charge is -2.29. The molecule has 170 valence electrons. The third-order valence-corrected chi connectivity index (χ3v) is 5.88. The van der Waals surface area contributed by atoms with E-state index in [1.807, 2.05) is 43.3 Å². The van der Waals surface area contributed by atoms with Crippen molar-refractivity contribution in [2.75, 3.05) is 27.5 Å². The van der Waals surface area contributed by atoms with Gasteiger partial charge < -0.3 is 23.4 Å². The van der Waals surface area contributed by atoms with Gasteiger partial charge in [-0.15, -0.1) is 0 Å². The van der Waals surface area contributed by atoms with E-state index in [4.69, 9.17) is 23.4 Å². The number of nitrogens with zero attached hydrogens (tertiary/aromatic N) is 1. The van der Waals surface area contributed by atoms with Crippen molar-refractivity contribution in [2.24, 2.45) is 0 Å². The van der Waals surface area contributed by atoms with Crippen LogP contribution < -0.4 is 18.9 Å². The van der Waals surface area contributed by atoms with Crippen LogP contribution in [0.2, 0.25) is 0 Å². The normalized spacial score (nSPS) is 16.2. The Kier molecular flexibility index (Phi) is 5.56. The monoisotopic (exact) mass is 447 g/mol. The first-order valence-corrected chi connectivity index (χ1v) is 10.8. The molecule has 0 aliphatic carbocycles. The molecular formula is C26H25NO6. The zero-order valence-electron chi connectivity index (χ0n) is 18.8. The van der Waals surface area contributed by atoms with Gasteiger partial charge in [0.15, 0.2) is 17.3 Å². The molecule has 0 atom stereocenters. The summed E-state index contributed by atoms with van der Waals surface area (Å²) < 4.78 is 28.3. The van der Waals surface area contributed by atoms with Crippen LogP contribution in [0, 0.1) is 6.92 Å². The van der Waals surface area contributed by atoms with E-state index in [1.54, 1.807) is 26.4 Å². The lowest BCUT2D eigenvalue weighted by molar-refractivity contribution is 0.0949. The summed E-state index contributed by atoms with van der Waals surface area (Å²) in [6.07, 6.45) is 2.46. The van der Waals surface area contributed by atoms with Gasteiger partial charge in [-0.25, -0.2) is 0 Å². The number of hydrogen-bond acceptors (Lipinski definition) is 7. The number of hydrogen-bond donors (Lipinski definition) is 0. The fourth-order valence-corrected chi connectivity index (χ4v) is 4.13. The number of furan rings is 1. The maximum absolute atomic E-state index is 12.9. The minimum absolute atomic E-state index is 0.149. The first-order chi connectivity index (χ1) is 16.1. The Bertz CT molecular complexity index is 1240. The number of fused-ring (bicyclic) bond motifs is 3. The molecule has 7 heteroatoms. The highest BCUT2D eigenvalue weighted by Crippen LogP contribution is 2.42. The smallest absolute Gasteiger partial charge is 0.232 e. The summed E-state index contributed by atoms with van der Waals surface area (Å²) in [5, 5.41) is 0. The van der Waals surface area contributed by atoms with Gasteiger partial charge in [0.25, 0.3) is 0 Å². The fraction of sp³-hybridized carbons (Fsp3) is 0.269. The van der Waals surface area contributed by atoms with Crippen LogP contribution in [-0.2, 0) is 13.0 Å². The van der Waals surface area contributed by atoms with E-state index in [1.165, 1.54) is 0 Å². The lowest BCUT2D eigenvalue weighted by Crippen LogP contribution is -2.33. The topological polar surface area (TPSA) is 70.4 Å². The number of benzene rings is 2. The molecule has 0 saturated carbocycles. The van der Waals surface area contributed by atoms with Crippen LogP contribution in [0.1, 0.15) is 33.0 Å². The molecule has 0 unspecified atom stereocenters. The molecule has 3 heterocycles. The molecular weight excluding hydrogens is 422 g/mol. The van der Waals surface area contributed by atoms with Crippen molar-refractivity contribution in [3.8, 4) is 23.0 Å². The van der Waals surface area contributed by atoms with Crippen LogP contribution in [0.25, 0.3) is 6.08 Å². The third-order valence-electron chi connectivity index (χ3n) is 5.88. The molecule has 0 fully saturated rings. The van der Waals surface area contributed by atoms with Crippen molar-refractivity contribution in [3.05, 3.63) is 76.4 Å². The Morgan fingerprint density at radius 1 is 1.06 bits per heavy atom. The maximum Gasteiger partial charge on any atom is 0.232 e. The summed E-state index contributed by atoms with van der Waals surface area (Å²) in [6.45, 7) is 3.74. The van der Waals surface area contributed by atoms with E-state index in [9.17, 15) is 4.79 Å². The first kappa shape index (κ1) is 21.2. The molecule has 0 amide bonds. The van der Waals surface area contributed by atoms with Gasteiger partial charge in [0.2, 0.25) is 5.78 Å². The van der Waals surface area contributed by atoms with E-state index in [0.29, 0.717) is 41.8 Å². The van der Waals surface area contributed by atoms with Crippen LogP contribution in [0.3, 0.4) is 0 Å². The molecule has 0 bridgehead atoms. The summed E-state index contributed by atoms with van der Waals surface area (Å²) in [4.78, 5) is 15.1. The predicted molar refractivity (Wildman–Crippen MR) is 122 cm³/mol. The highest BCUT2D eigenvalue weighted by atomic mass is 16.5. The summed E-state index contributed by atoms with van der Waals surface area (Å²) in [6, 6.07) is 13.2. The average molecular weight is 447 g/mol. The number of ketones is 1. The number of aryl methyl sites for hydroxylation is 1. The van der Waals surface area contributed by atoms with E-state index in [0.717, 1.165) is 35.6 Å². The Morgan fingerprint density at radius 2 is 1.91 bits per heavy atom. The minimum atomic E-state index is -0.149. The molecule has 2 aliphatic heterocycles. The molecule has 1 aromatic heterocycles. The Morgan fingerprint density at radius 3 is 2.67 bits per heavy atom. The first-order valence-electron chi connectivity index (χ1n) is 10.8. The molecule has 0 N–H and O–H groups in total. The number of methoxy groups -OCH3 is 2. The summed E-state index contributed by atoms with van der Waals surface area (Å²) in [5.41, 5.74) is 2.58. The third kappa shape index (κ3) is 4.07. The molecule has 5 rings (SSSR count). The van der Waals surface area contributed by atoms with Crippen molar-refractivity contribution in [2.45, 2.75) is 19.9 Å². The van der Waals surface area contributed by atoms with Crippen LogP contribution in [0.15, 0.2) is 52.6 Å². The van der Waals surface area contributed by atoms with Crippen LogP contribution in [-0.4, -0.2) is 38.2 Å². The molecule has 0 radical (unpaired) electrons. The quantitative estimate of drug-likeness (QED) is 0.511. The zero-order valence-corrected chi connectivity index (χ0v) is 18.8. The van der Waals surface area contributed by atoms with E-state index in [2.05, 4.69) is 4.90 Å². The molecule has 33 heavy (non-hydrogen) atoms. The van der Waals surface area contributed by atoms with Gasteiger partial charge >= 0.3 is 0 Å². The SMILES string of the molecule is COc1ccc(CCN2COc3ccc4c(c3C2)O/C(=C\c2ccc(C)o2)C4=O)cc1OC. The Labute approximate surface area is 192 Å². The van der Waals surface area contributed by atoms with Crippen molar-refractivity contribution in [1.82, 2.24) is 4.90 Å². The number of carbonyl (C=O) groups excluding carboxylic acids is 1. The number of allylic oxidation sites excluding steroid dienone is 1. The summed E-state index contributed by atoms with van der Waals surface area (Å²) in [5.74, 6) is 4.22. The van der Waals surface area contributed by atoms with Gasteiger partial charge in [-0.2, -0.15) is 0 Å². The predicted octanol–water partition coefficient (Wildman–Crippen LogP) is 4.62. The maximum atomic E-state index is 12.9. The van der Waals surface area contributed by atoms with Gasteiger partial charge in [0, 0.05) is 19.2 Å². The van der Waals surface area contributed by atoms with Gasteiger partial charge in [-0.3, -0.25) is 9.69 Å². The van der Waals surface area contributed by atoms with Gasteiger partial charge in [0.1, 0.15) is 29.8 Å². The highest BCUT2D eigenvalue weighted by molar-refractivity contribution is 6.14. The second-order valence-electron chi connectivity index (χ2n) is 8.07. The lowest BCUT2D eigenvalue weighted by atomic mass is 10.0. The van der Waals surface area contributed by atoms with Gasteiger partial charge in [0.05, 0.1) is 25.3 Å². The van der Waals surface area contributed by atoms with Crippen molar-refractivity contribution in [1.29, 1.82) is 0 Å². The summed E-state index contributed by atoms with van der Waals surface area (Å²) >= 11 is 0. The minimum Gasteiger partial charge on any atom is -0.493 e. The van der Waals surface area contributed by atoms with E-state index >= 15 is 0 Å². The largest absolute Gasteiger partial charge is 0.493 e. The van der Waals surface area contributed by atoms with Crippen molar-refractivity contribution < 1.29 is 28.2 Å². The second-order valence-corrected chi connectivity index (χ2v) is 8.07. The zero-order chi connectivity index (χ0) is 22.9. The molecule has 0 spiro atoms. The molecule has 2 aliphatic rings. The molecule has 3 aromatic rings. The highest BCUT2D eigenvalue weighted by Gasteiger charge is 2.33. The molecule has 7 nitrogen and oxygen atoms in total. The Hall–Kier alpha value is -3.71.